The van der Waals surface area contributed by atoms with Crippen molar-refractivity contribution in [2.24, 2.45) is 0 Å². The van der Waals surface area contributed by atoms with E-state index in [9.17, 15) is 4.79 Å². The van der Waals surface area contributed by atoms with Gasteiger partial charge in [-0.15, -0.1) is 0 Å². The maximum atomic E-state index is 12.1. The minimum absolute atomic E-state index is 0.0120. The lowest BCUT2D eigenvalue weighted by Gasteiger charge is -2.23. The molecule has 2 saturated heterocycles. The lowest BCUT2D eigenvalue weighted by molar-refractivity contribution is -0.121. The Morgan fingerprint density at radius 3 is 3.04 bits per heavy atom. The highest BCUT2D eigenvalue weighted by Gasteiger charge is 2.26. The SMILES string of the molecule is O=C(Cc1cnc[nH]1)NC1CCN(c2nccc(C3CCOCC3)n2)C1. The largest absolute Gasteiger partial charge is 0.381 e. The first-order valence-electron chi connectivity index (χ1n) is 9.20. The third-order valence-electron chi connectivity index (χ3n) is 5.05. The molecule has 0 saturated carbocycles. The summed E-state index contributed by atoms with van der Waals surface area (Å²) < 4.78 is 5.44. The summed E-state index contributed by atoms with van der Waals surface area (Å²) in [5.41, 5.74) is 1.93. The second-order valence-corrected chi connectivity index (χ2v) is 6.92. The van der Waals surface area contributed by atoms with Crippen molar-refractivity contribution < 1.29 is 9.53 Å². The number of hydrogen-bond donors (Lipinski definition) is 2. The van der Waals surface area contributed by atoms with Crippen LogP contribution in [0.15, 0.2) is 24.8 Å². The van der Waals surface area contributed by atoms with Gasteiger partial charge in [0.05, 0.1) is 12.7 Å². The van der Waals surface area contributed by atoms with Crippen LogP contribution in [-0.4, -0.2) is 58.2 Å². The van der Waals surface area contributed by atoms with Crippen LogP contribution in [0.2, 0.25) is 0 Å². The number of ether oxygens (including phenoxy) is 1. The van der Waals surface area contributed by atoms with Gasteiger partial charge in [-0.1, -0.05) is 0 Å². The van der Waals surface area contributed by atoms with Crippen LogP contribution in [0.25, 0.3) is 0 Å². The molecular formula is C18H24N6O2. The van der Waals surface area contributed by atoms with Crippen LogP contribution >= 0.6 is 0 Å². The van der Waals surface area contributed by atoms with E-state index in [4.69, 9.17) is 9.72 Å². The number of carbonyl (C=O) groups is 1. The van der Waals surface area contributed by atoms with Crippen LogP contribution in [0.1, 0.15) is 36.6 Å². The van der Waals surface area contributed by atoms with Gasteiger partial charge < -0.3 is 19.9 Å². The first-order chi connectivity index (χ1) is 12.8. The summed E-state index contributed by atoms with van der Waals surface area (Å²) in [4.78, 5) is 30.4. The Morgan fingerprint density at radius 2 is 2.23 bits per heavy atom. The van der Waals surface area contributed by atoms with E-state index in [1.54, 1.807) is 12.5 Å². The number of nitrogens with zero attached hydrogens (tertiary/aromatic N) is 4. The summed E-state index contributed by atoms with van der Waals surface area (Å²) in [6.07, 6.45) is 8.37. The minimum atomic E-state index is 0.0120. The zero-order valence-corrected chi connectivity index (χ0v) is 14.7. The van der Waals surface area contributed by atoms with Gasteiger partial charge in [-0.25, -0.2) is 15.0 Å². The van der Waals surface area contributed by atoms with Gasteiger partial charge in [0.2, 0.25) is 11.9 Å². The molecule has 1 unspecified atom stereocenters. The fourth-order valence-corrected chi connectivity index (χ4v) is 3.63. The number of aromatic amines is 1. The zero-order valence-electron chi connectivity index (χ0n) is 14.7. The third kappa shape index (κ3) is 4.01. The van der Waals surface area contributed by atoms with Crippen LogP contribution in [0, 0.1) is 0 Å². The van der Waals surface area contributed by atoms with E-state index in [0.29, 0.717) is 12.3 Å². The fraction of sp³-hybridized carbons (Fsp3) is 0.556. The van der Waals surface area contributed by atoms with Crippen molar-refractivity contribution in [1.82, 2.24) is 25.3 Å². The van der Waals surface area contributed by atoms with Gasteiger partial charge in [0.25, 0.3) is 0 Å². The summed E-state index contributed by atoms with van der Waals surface area (Å²) in [6.45, 7) is 3.20. The minimum Gasteiger partial charge on any atom is -0.381 e. The van der Waals surface area contributed by atoms with Crippen molar-refractivity contribution >= 4 is 11.9 Å². The number of nitrogens with one attached hydrogen (secondary N) is 2. The predicted molar refractivity (Wildman–Crippen MR) is 95.9 cm³/mol. The number of anilines is 1. The average Bonchev–Trinajstić information content (AvgIpc) is 3.35. The lowest BCUT2D eigenvalue weighted by Crippen LogP contribution is -2.38. The molecule has 8 nitrogen and oxygen atoms in total. The van der Waals surface area contributed by atoms with Crippen molar-refractivity contribution in [2.75, 3.05) is 31.2 Å². The fourth-order valence-electron chi connectivity index (χ4n) is 3.63. The van der Waals surface area contributed by atoms with Crippen molar-refractivity contribution in [3.05, 3.63) is 36.2 Å². The van der Waals surface area contributed by atoms with Gasteiger partial charge in [0.1, 0.15) is 0 Å². The maximum absolute atomic E-state index is 12.1. The Balaban J connectivity index is 1.34. The molecule has 138 valence electrons. The molecule has 2 N–H and O–H groups in total. The normalized spacial score (nSPS) is 21.1. The summed E-state index contributed by atoms with van der Waals surface area (Å²) in [5, 5.41) is 3.09. The predicted octanol–water partition coefficient (Wildman–Crippen LogP) is 1.03. The van der Waals surface area contributed by atoms with Gasteiger partial charge in [0, 0.05) is 62.0 Å². The number of aromatic nitrogens is 4. The molecule has 0 aliphatic carbocycles. The third-order valence-corrected chi connectivity index (χ3v) is 5.05. The monoisotopic (exact) mass is 356 g/mol. The molecule has 0 aromatic carbocycles. The molecule has 1 amide bonds. The summed E-state index contributed by atoms with van der Waals surface area (Å²) in [7, 11) is 0. The van der Waals surface area contributed by atoms with Crippen molar-refractivity contribution in [3.8, 4) is 0 Å². The molecule has 2 aliphatic rings. The van der Waals surface area contributed by atoms with Crippen molar-refractivity contribution in [3.63, 3.8) is 0 Å². The van der Waals surface area contributed by atoms with E-state index >= 15 is 0 Å². The number of carbonyl (C=O) groups excluding carboxylic acids is 1. The molecule has 2 fully saturated rings. The first kappa shape index (κ1) is 17.0. The zero-order chi connectivity index (χ0) is 17.8. The molecule has 0 spiro atoms. The van der Waals surface area contributed by atoms with E-state index < -0.39 is 0 Å². The summed E-state index contributed by atoms with van der Waals surface area (Å²) >= 11 is 0. The molecule has 2 aliphatic heterocycles. The standard InChI is InChI=1S/C18H24N6O2/c25-17(9-15-10-19-12-21-15)22-14-2-6-24(11-14)18-20-5-1-16(23-18)13-3-7-26-8-4-13/h1,5,10,12-14H,2-4,6-9,11H2,(H,19,21)(H,22,25). The number of amides is 1. The number of imidazole rings is 1. The molecule has 2 aromatic rings. The van der Waals surface area contributed by atoms with Crippen molar-refractivity contribution in [2.45, 2.75) is 37.6 Å². The Labute approximate surface area is 152 Å². The Hall–Kier alpha value is -2.48. The Bertz CT molecular complexity index is 729. The van der Waals surface area contributed by atoms with E-state index in [1.165, 1.54) is 0 Å². The van der Waals surface area contributed by atoms with Gasteiger partial charge >= 0.3 is 0 Å². The second kappa shape index (κ2) is 7.82. The second-order valence-electron chi connectivity index (χ2n) is 6.92. The maximum Gasteiger partial charge on any atom is 0.226 e. The lowest BCUT2D eigenvalue weighted by atomic mass is 9.96. The van der Waals surface area contributed by atoms with E-state index in [-0.39, 0.29) is 11.9 Å². The highest BCUT2D eigenvalue weighted by molar-refractivity contribution is 5.78. The van der Waals surface area contributed by atoms with Crippen LogP contribution in [-0.2, 0) is 16.0 Å². The van der Waals surface area contributed by atoms with Gasteiger partial charge in [-0.3, -0.25) is 4.79 Å². The topological polar surface area (TPSA) is 96.0 Å². The average molecular weight is 356 g/mol. The summed E-state index contributed by atoms with van der Waals surface area (Å²) in [6, 6.07) is 2.14. The quantitative estimate of drug-likeness (QED) is 0.831. The van der Waals surface area contributed by atoms with Crippen molar-refractivity contribution in [1.29, 1.82) is 0 Å². The molecule has 26 heavy (non-hydrogen) atoms. The molecule has 2 aromatic heterocycles. The van der Waals surface area contributed by atoms with Gasteiger partial charge in [0.15, 0.2) is 0 Å². The number of hydrogen-bond acceptors (Lipinski definition) is 6. The van der Waals surface area contributed by atoms with Crippen LogP contribution in [0.4, 0.5) is 5.95 Å². The summed E-state index contributed by atoms with van der Waals surface area (Å²) in [5.74, 6) is 1.23. The van der Waals surface area contributed by atoms with E-state index in [1.807, 2.05) is 12.3 Å². The van der Waals surface area contributed by atoms with Crippen LogP contribution in [0.3, 0.4) is 0 Å². The molecule has 4 rings (SSSR count). The highest BCUT2D eigenvalue weighted by atomic mass is 16.5. The molecule has 4 heterocycles. The molecule has 1 atom stereocenters. The van der Waals surface area contributed by atoms with Crippen LogP contribution in [0.5, 0.6) is 0 Å². The Kier molecular flexibility index (Phi) is 5.10. The highest BCUT2D eigenvalue weighted by Crippen LogP contribution is 2.26. The van der Waals surface area contributed by atoms with Gasteiger partial charge in [-0.2, -0.15) is 0 Å². The molecule has 0 bridgehead atoms. The molecule has 8 heteroatoms. The van der Waals surface area contributed by atoms with Gasteiger partial charge in [-0.05, 0) is 25.3 Å². The smallest absolute Gasteiger partial charge is 0.226 e. The number of H-pyrrole nitrogens is 1. The molecule has 0 radical (unpaired) electrons. The van der Waals surface area contributed by atoms with Crippen LogP contribution < -0.4 is 10.2 Å². The van der Waals surface area contributed by atoms with E-state index in [0.717, 1.165) is 62.9 Å². The first-order valence-corrected chi connectivity index (χ1v) is 9.20. The molecular weight excluding hydrogens is 332 g/mol. The van der Waals surface area contributed by atoms with E-state index in [2.05, 4.69) is 25.2 Å². The number of rotatable bonds is 5. The Morgan fingerprint density at radius 1 is 1.35 bits per heavy atom.